The van der Waals surface area contributed by atoms with Crippen LogP contribution < -0.4 is 16.4 Å². The Morgan fingerprint density at radius 2 is 2.00 bits per heavy atom. The minimum absolute atomic E-state index is 0.0103. The molecule has 2 rings (SSSR count). The molecule has 2 amide bonds. The molecule has 0 aromatic carbocycles. The highest BCUT2D eigenvalue weighted by Gasteiger charge is 2.62. The lowest BCUT2D eigenvalue weighted by Crippen LogP contribution is -2.76. The van der Waals surface area contributed by atoms with Crippen molar-refractivity contribution in [2.75, 3.05) is 13.2 Å². The number of nitrogens with two attached hydrogens (primary N) is 1. The van der Waals surface area contributed by atoms with Crippen LogP contribution in [-0.2, 0) is 14.3 Å². The molecule has 0 radical (unpaired) electrons. The van der Waals surface area contributed by atoms with E-state index in [0.717, 1.165) is 12.8 Å². The van der Waals surface area contributed by atoms with Crippen molar-refractivity contribution in [3.05, 3.63) is 0 Å². The van der Waals surface area contributed by atoms with Gasteiger partial charge in [0, 0.05) is 24.5 Å². The zero-order valence-electron chi connectivity index (χ0n) is 12.5. The Hall–Kier alpha value is -1.14. The summed E-state index contributed by atoms with van der Waals surface area (Å²) in [6.45, 7) is 6.38. The minimum Gasteiger partial charge on any atom is -0.378 e. The summed E-state index contributed by atoms with van der Waals surface area (Å²) in [5.41, 5.74) is 4.82. The number of hydrogen-bond acceptors (Lipinski definition) is 4. The molecule has 0 aromatic rings. The topological polar surface area (TPSA) is 93.4 Å². The predicted octanol–water partition coefficient (Wildman–Crippen LogP) is -0.0863. The molecule has 2 aliphatic carbocycles. The Balaban J connectivity index is 1.83. The molecular formula is C14H25N3O3. The number of nitrogens with one attached hydrogen (secondary N) is 2. The Morgan fingerprint density at radius 1 is 1.35 bits per heavy atom. The minimum atomic E-state index is -0.966. The van der Waals surface area contributed by atoms with Gasteiger partial charge < -0.3 is 21.1 Å². The summed E-state index contributed by atoms with van der Waals surface area (Å²) >= 11 is 0. The van der Waals surface area contributed by atoms with E-state index in [-0.39, 0.29) is 24.5 Å². The molecule has 0 saturated heterocycles. The van der Waals surface area contributed by atoms with Crippen molar-refractivity contribution in [2.45, 2.75) is 57.7 Å². The van der Waals surface area contributed by atoms with Crippen molar-refractivity contribution < 1.29 is 14.3 Å². The second-order valence-electron chi connectivity index (χ2n) is 6.37. The molecule has 2 fully saturated rings. The van der Waals surface area contributed by atoms with Gasteiger partial charge in [-0.3, -0.25) is 9.59 Å². The quantitative estimate of drug-likeness (QED) is 0.635. The van der Waals surface area contributed by atoms with E-state index in [1.807, 2.05) is 20.8 Å². The van der Waals surface area contributed by atoms with Gasteiger partial charge in [0.25, 0.3) is 0 Å². The number of carbonyl (C=O) groups excluding carboxylic acids is 2. The molecule has 20 heavy (non-hydrogen) atoms. The highest BCUT2D eigenvalue weighted by molar-refractivity contribution is 5.92. The van der Waals surface area contributed by atoms with Crippen LogP contribution in [0.25, 0.3) is 0 Å². The number of carbonyl (C=O) groups is 2. The number of amides is 2. The van der Waals surface area contributed by atoms with Gasteiger partial charge in [0.2, 0.25) is 11.8 Å². The maximum absolute atomic E-state index is 12.2. The third kappa shape index (κ3) is 2.67. The van der Waals surface area contributed by atoms with Gasteiger partial charge in [-0.15, -0.1) is 0 Å². The molecule has 2 aliphatic rings. The fraction of sp³-hybridized carbons (Fsp3) is 0.857. The van der Waals surface area contributed by atoms with Crippen LogP contribution in [0.1, 0.15) is 40.0 Å². The lowest BCUT2D eigenvalue weighted by atomic mass is 9.54. The third-order valence-corrected chi connectivity index (χ3v) is 4.59. The monoisotopic (exact) mass is 283 g/mol. The summed E-state index contributed by atoms with van der Waals surface area (Å²) < 4.78 is 5.59. The van der Waals surface area contributed by atoms with Crippen molar-refractivity contribution in [1.29, 1.82) is 0 Å². The van der Waals surface area contributed by atoms with Gasteiger partial charge in [-0.05, 0) is 19.8 Å². The molecule has 114 valence electrons. The fourth-order valence-corrected chi connectivity index (χ4v) is 2.65. The van der Waals surface area contributed by atoms with Gasteiger partial charge >= 0.3 is 0 Å². The lowest BCUT2D eigenvalue weighted by molar-refractivity contribution is -0.170. The van der Waals surface area contributed by atoms with E-state index in [9.17, 15) is 9.59 Å². The smallest absolute Gasteiger partial charge is 0.241 e. The maximum atomic E-state index is 12.2. The van der Waals surface area contributed by atoms with E-state index in [2.05, 4.69) is 10.6 Å². The van der Waals surface area contributed by atoms with Crippen molar-refractivity contribution in [2.24, 2.45) is 11.1 Å². The lowest BCUT2D eigenvalue weighted by Gasteiger charge is -2.57. The molecule has 0 unspecified atom stereocenters. The van der Waals surface area contributed by atoms with Gasteiger partial charge in [0.05, 0.1) is 12.6 Å². The van der Waals surface area contributed by atoms with Crippen LogP contribution in [-0.4, -0.2) is 42.7 Å². The molecule has 2 saturated carbocycles. The largest absolute Gasteiger partial charge is 0.378 e. The Bertz CT molecular complexity index is 406. The van der Waals surface area contributed by atoms with Crippen molar-refractivity contribution in [3.8, 4) is 0 Å². The standard InChI is InChI=1S/C14H25N3O3/c1-4-20-10-7-14(15,13(10,2)3)12(19)16-8-11(18)17-9-5-6-9/h9-10H,4-8,15H2,1-3H3,(H,16,19)(H,17,18)/t10-,14-/m0/s1. The fourth-order valence-electron chi connectivity index (χ4n) is 2.65. The average molecular weight is 283 g/mol. The van der Waals surface area contributed by atoms with Crippen LogP contribution in [0.2, 0.25) is 0 Å². The Morgan fingerprint density at radius 3 is 2.50 bits per heavy atom. The molecule has 0 aliphatic heterocycles. The number of ether oxygens (including phenoxy) is 1. The van der Waals surface area contributed by atoms with Crippen LogP contribution >= 0.6 is 0 Å². The summed E-state index contributed by atoms with van der Waals surface area (Å²) in [6.07, 6.45) is 2.54. The van der Waals surface area contributed by atoms with Gasteiger partial charge in [-0.1, -0.05) is 13.8 Å². The second-order valence-corrected chi connectivity index (χ2v) is 6.37. The van der Waals surface area contributed by atoms with Crippen molar-refractivity contribution >= 4 is 11.8 Å². The van der Waals surface area contributed by atoms with E-state index in [0.29, 0.717) is 19.1 Å². The van der Waals surface area contributed by atoms with Crippen LogP contribution in [0.15, 0.2) is 0 Å². The Kier molecular flexibility index (Phi) is 4.07. The van der Waals surface area contributed by atoms with Crippen molar-refractivity contribution in [1.82, 2.24) is 10.6 Å². The predicted molar refractivity (Wildman–Crippen MR) is 74.9 cm³/mol. The first-order valence-electron chi connectivity index (χ1n) is 7.29. The molecule has 0 spiro atoms. The molecule has 6 nitrogen and oxygen atoms in total. The van der Waals surface area contributed by atoms with Crippen LogP contribution in [0.4, 0.5) is 0 Å². The first-order valence-corrected chi connectivity index (χ1v) is 7.29. The summed E-state index contributed by atoms with van der Waals surface area (Å²) in [5, 5.41) is 5.47. The van der Waals surface area contributed by atoms with Gasteiger partial charge in [-0.2, -0.15) is 0 Å². The highest BCUT2D eigenvalue weighted by Crippen LogP contribution is 2.49. The maximum Gasteiger partial charge on any atom is 0.241 e. The average Bonchev–Trinajstić information content (AvgIpc) is 3.19. The SMILES string of the molecule is CCO[C@H]1C[C@](N)(C(=O)NCC(=O)NC2CC2)C1(C)C. The molecule has 2 atom stereocenters. The van der Waals surface area contributed by atoms with E-state index in [1.165, 1.54) is 0 Å². The van der Waals surface area contributed by atoms with Crippen LogP contribution in [0.3, 0.4) is 0 Å². The van der Waals surface area contributed by atoms with Crippen LogP contribution in [0.5, 0.6) is 0 Å². The molecule has 6 heteroatoms. The van der Waals surface area contributed by atoms with Gasteiger partial charge in [0.1, 0.15) is 5.54 Å². The first-order chi connectivity index (χ1) is 9.31. The zero-order valence-corrected chi connectivity index (χ0v) is 12.5. The normalized spacial score (nSPS) is 31.3. The zero-order chi connectivity index (χ0) is 15.0. The highest BCUT2D eigenvalue weighted by atomic mass is 16.5. The number of rotatable bonds is 6. The van der Waals surface area contributed by atoms with Crippen LogP contribution in [0, 0.1) is 5.41 Å². The number of hydrogen-bond donors (Lipinski definition) is 3. The second kappa shape index (κ2) is 5.33. The summed E-state index contributed by atoms with van der Waals surface area (Å²) in [4.78, 5) is 23.8. The first kappa shape index (κ1) is 15.3. The summed E-state index contributed by atoms with van der Waals surface area (Å²) in [6, 6.07) is 0.300. The van der Waals surface area contributed by atoms with E-state index in [4.69, 9.17) is 10.5 Å². The van der Waals surface area contributed by atoms with E-state index in [1.54, 1.807) is 0 Å². The van der Waals surface area contributed by atoms with E-state index < -0.39 is 11.0 Å². The Labute approximate surface area is 119 Å². The molecular weight excluding hydrogens is 258 g/mol. The van der Waals surface area contributed by atoms with Gasteiger partial charge in [0.15, 0.2) is 0 Å². The summed E-state index contributed by atoms with van der Waals surface area (Å²) in [7, 11) is 0. The molecule has 0 bridgehead atoms. The van der Waals surface area contributed by atoms with Gasteiger partial charge in [-0.25, -0.2) is 0 Å². The van der Waals surface area contributed by atoms with Crippen molar-refractivity contribution in [3.63, 3.8) is 0 Å². The molecule has 4 N–H and O–H groups in total. The molecule has 0 heterocycles. The molecule has 0 aromatic heterocycles. The summed E-state index contributed by atoms with van der Waals surface area (Å²) in [5.74, 6) is -0.424. The third-order valence-electron chi connectivity index (χ3n) is 4.59. The van der Waals surface area contributed by atoms with E-state index >= 15 is 0 Å².